The number of aromatic amines is 1. The Balaban J connectivity index is 2.18. The molecule has 0 spiro atoms. The van der Waals surface area contributed by atoms with Crippen LogP contribution in [-0.2, 0) is 6.42 Å². The van der Waals surface area contributed by atoms with Crippen LogP contribution in [0.25, 0.3) is 10.9 Å². The van der Waals surface area contributed by atoms with Gasteiger partial charge in [0.2, 0.25) is 0 Å². The molecule has 90 valence electrons. The van der Waals surface area contributed by atoms with Crippen LogP contribution in [-0.4, -0.2) is 30.4 Å². The van der Waals surface area contributed by atoms with Gasteiger partial charge < -0.3 is 20.1 Å². The molecular formula is C13H16N2O2. The first-order chi connectivity index (χ1) is 8.33. The summed E-state index contributed by atoms with van der Waals surface area (Å²) in [7, 11) is 1.67. The van der Waals surface area contributed by atoms with Crippen molar-refractivity contribution in [3.63, 3.8) is 0 Å². The SMILES string of the molecule is COc1ccc2c3c([nH]c2c1)C(CO)NCC3. The van der Waals surface area contributed by atoms with Gasteiger partial charge in [-0.15, -0.1) is 0 Å². The number of aliphatic hydroxyl groups excluding tert-OH is 1. The standard InChI is InChI=1S/C13H16N2O2/c1-17-8-2-3-9-10-4-5-14-12(7-16)13(10)15-11(9)6-8/h2-3,6,12,14-16H,4-5,7H2,1H3. The Bertz CT molecular complexity index is 548. The fraction of sp³-hybridized carbons (Fsp3) is 0.385. The number of aromatic nitrogens is 1. The Kier molecular flexibility index (Phi) is 2.53. The lowest BCUT2D eigenvalue weighted by Crippen LogP contribution is -2.31. The van der Waals surface area contributed by atoms with E-state index in [2.05, 4.69) is 16.4 Å². The van der Waals surface area contributed by atoms with Crippen LogP contribution in [0.2, 0.25) is 0 Å². The van der Waals surface area contributed by atoms with E-state index in [-0.39, 0.29) is 12.6 Å². The molecule has 1 unspecified atom stereocenters. The van der Waals surface area contributed by atoms with Crippen molar-refractivity contribution in [2.45, 2.75) is 12.5 Å². The molecule has 1 aliphatic rings. The third-order valence-electron chi connectivity index (χ3n) is 3.44. The summed E-state index contributed by atoms with van der Waals surface area (Å²) in [4.78, 5) is 3.39. The third kappa shape index (κ3) is 1.61. The Morgan fingerprint density at radius 2 is 2.35 bits per heavy atom. The van der Waals surface area contributed by atoms with E-state index in [1.807, 2.05) is 12.1 Å². The summed E-state index contributed by atoms with van der Waals surface area (Å²) < 4.78 is 5.22. The highest BCUT2D eigenvalue weighted by atomic mass is 16.5. The molecule has 0 fully saturated rings. The van der Waals surface area contributed by atoms with Gasteiger partial charge in [0.15, 0.2) is 0 Å². The van der Waals surface area contributed by atoms with Gasteiger partial charge in [-0.1, -0.05) is 0 Å². The van der Waals surface area contributed by atoms with E-state index < -0.39 is 0 Å². The normalized spacial score (nSPS) is 19.3. The van der Waals surface area contributed by atoms with Gasteiger partial charge in [-0.2, -0.15) is 0 Å². The summed E-state index contributed by atoms with van der Waals surface area (Å²) >= 11 is 0. The minimum Gasteiger partial charge on any atom is -0.497 e. The molecule has 2 aromatic rings. The van der Waals surface area contributed by atoms with Gasteiger partial charge in [0.05, 0.1) is 19.8 Å². The first-order valence-electron chi connectivity index (χ1n) is 5.86. The third-order valence-corrected chi connectivity index (χ3v) is 3.44. The van der Waals surface area contributed by atoms with E-state index in [9.17, 15) is 5.11 Å². The van der Waals surface area contributed by atoms with Crippen LogP contribution in [0.3, 0.4) is 0 Å². The zero-order valence-corrected chi connectivity index (χ0v) is 9.79. The average molecular weight is 232 g/mol. The van der Waals surface area contributed by atoms with Gasteiger partial charge in [0.1, 0.15) is 5.75 Å². The van der Waals surface area contributed by atoms with Gasteiger partial charge in [0, 0.05) is 22.7 Å². The molecule has 3 rings (SSSR count). The monoisotopic (exact) mass is 232 g/mol. The van der Waals surface area contributed by atoms with Crippen LogP contribution in [0.15, 0.2) is 18.2 Å². The molecule has 0 bridgehead atoms. The van der Waals surface area contributed by atoms with Crippen LogP contribution < -0.4 is 10.1 Å². The molecule has 4 nitrogen and oxygen atoms in total. The Hall–Kier alpha value is -1.52. The van der Waals surface area contributed by atoms with Crippen molar-refractivity contribution in [3.05, 3.63) is 29.5 Å². The predicted molar refractivity (Wildman–Crippen MR) is 66.4 cm³/mol. The molecule has 1 aliphatic heterocycles. The zero-order valence-electron chi connectivity index (χ0n) is 9.79. The number of aliphatic hydroxyl groups is 1. The van der Waals surface area contributed by atoms with Crippen LogP contribution in [0.1, 0.15) is 17.3 Å². The molecule has 1 aromatic heterocycles. The number of nitrogens with one attached hydrogen (secondary N) is 2. The highest BCUT2D eigenvalue weighted by Crippen LogP contribution is 2.31. The summed E-state index contributed by atoms with van der Waals surface area (Å²) in [5.41, 5.74) is 3.51. The first kappa shape index (κ1) is 10.6. The molecule has 0 amide bonds. The van der Waals surface area contributed by atoms with Crippen molar-refractivity contribution in [1.82, 2.24) is 10.3 Å². The molecule has 17 heavy (non-hydrogen) atoms. The number of ether oxygens (including phenoxy) is 1. The molecule has 1 atom stereocenters. The van der Waals surface area contributed by atoms with E-state index in [1.165, 1.54) is 10.9 Å². The van der Waals surface area contributed by atoms with Crippen molar-refractivity contribution >= 4 is 10.9 Å². The Labute approximate surface area is 99.6 Å². The van der Waals surface area contributed by atoms with Crippen LogP contribution in [0, 0.1) is 0 Å². The lowest BCUT2D eigenvalue weighted by molar-refractivity contribution is 0.238. The molecule has 0 saturated carbocycles. The van der Waals surface area contributed by atoms with Gasteiger partial charge in [-0.05, 0) is 30.7 Å². The summed E-state index contributed by atoms with van der Waals surface area (Å²) in [6.07, 6.45) is 0.998. The topological polar surface area (TPSA) is 57.3 Å². The molecule has 4 heteroatoms. The number of rotatable bonds is 2. The van der Waals surface area contributed by atoms with E-state index in [1.54, 1.807) is 7.11 Å². The molecule has 3 N–H and O–H groups in total. The average Bonchev–Trinajstić information content (AvgIpc) is 2.75. The van der Waals surface area contributed by atoms with E-state index in [4.69, 9.17) is 4.74 Å². The second-order valence-electron chi connectivity index (χ2n) is 4.37. The fourth-order valence-corrected chi connectivity index (χ4v) is 2.58. The molecule has 1 aromatic carbocycles. The number of H-pyrrole nitrogens is 1. The largest absolute Gasteiger partial charge is 0.497 e. The lowest BCUT2D eigenvalue weighted by Gasteiger charge is -2.22. The molecule has 0 aliphatic carbocycles. The number of hydrogen-bond donors (Lipinski definition) is 3. The van der Waals surface area contributed by atoms with Crippen molar-refractivity contribution in [2.24, 2.45) is 0 Å². The summed E-state index contributed by atoms with van der Waals surface area (Å²) in [5, 5.41) is 13.9. The lowest BCUT2D eigenvalue weighted by atomic mass is 10.00. The summed E-state index contributed by atoms with van der Waals surface area (Å²) in [5.74, 6) is 0.851. The van der Waals surface area contributed by atoms with Gasteiger partial charge in [-0.25, -0.2) is 0 Å². The zero-order chi connectivity index (χ0) is 11.8. The first-order valence-corrected chi connectivity index (χ1v) is 5.86. The second-order valence-corrected chi connectivity index (χ2v) is 4.37. The molecular weight excluding hydrogens is 216 g/mol. The van der Waals surface area contributed by atoms with Crippen molar-refractivity contribution in [1.29, 1.82) is 0 Å². The van der Waals surface area contributed by atoms with E-state index in [0.717, 1.165) is 29.9 Å². The van der Waals surface area contributed by atoms with Gasteiger partial charge in [-0.3, -0.25) is 0 Å². The second kappa shape index (κ2) is 4.05. The molecule has 0 saturated heterocycles. The number of fused-ring (bicyclic) bond motifs is 3. The number of hydrogen-bond acceptors (Lipinski definition) is 3. The minimum absolute atomic E-state index is 0.0251. The number of benzene rings is 1. The van der Waals surface area contributed by atoms with Gasteiger partial charge in [0.25, 0.3) is 0 Å². The van der Waals surface area contributed by atoms with Crippen molar-refractivity contribution < 1.29 is 9.84 Å². The maximum atomic E-state index is 9.36. The maximum Gasteiger partial charge on any atom is 0.120 e. The van der Waals surface area contributed by atoms with Crippen LogP contribution >= 0.6 is 0 Å². The van der Waals surface area contributed by atoms with Crippen LogP contribution in [0.4, 0.5) is 0 Å². The molecule has 2 heterocycles. The van der Waals surface area contributed by atoms with E-state index in [0.29, 0.717) is 0 Å². The quantitative estimate of drug-likeness (QED) is 0.732. The summed E-state index contributed by atoms with van der Waals surface area (Å²) in [6, 6.07) is 6.09. The Morgan fingerprint density at radius 3 is 3.12 bits per heavy atom. The van der Waals surface area contributed by atoms with Gasteiger partial charge >= 0.3 is 0 Å². The Morgan fingerprint density at radius 1 is 1.47 bits per heavy atom. The highest BCUT2D eigenvalue weighted by molar-refractivity contribution is 5.86. The molecule has 0 radical (unpaired) electrons. The smallest absolute Gasteiger partial charge is 0.120 e. The number of methoxy groups -OCH3 is 1. The van der Waals surface area contributed by atoms with Crippen molar-refractivity contribution in [2.75, 3.05) is 20.3 Å². The minimum atomic E-state index is 0.0251. The van der Waals surface area contributed by atoms with Crippen molar-refractivity contribution in [3.8, 4) is 5.75 Å². The summed E-state index contributed by atoms with van der Waals surface area (Å²) in [6.45, 7) is 1.04. The van der Waals surface area contributed by atoms with E-state index >= 15 is 0 Å². The predicted octanol–water partition coefficient (Wildman–Crippen LogP) is 1.36. The maximum absolute atomic E-state index is 9.36. The highest BCUT2D eigenvalue weighted by Gasteiger charge is 2.23. The fourth-order valence-electron chi connectivity index (χ4n) is 2.58. The van der Waals surface area contributed by atoms with Crippen LogP contribution in [0.5, 0.6) is 5.75 Å².